The number of likely N-dealkylation sites (N-methyl/N-ethyl adjacent to an activating group) is 1. The lowest BCUT2D eigenvalue weighted by Gasteiger charge is -2.37. The Hall–Kier alpha value is -2.68. The first-order chi connectivity index (χ1) is 17.0. The molecule has 1 heterocycles. The molecule has 0 bridgehead atoms. The maximum atomic E-state index is 13.4. The van der Waals surface area contributed by atoms with Crippen LogP contribution in [0.1, 0.15) is 65.7 Å². The maximum absolute atomic E-state index is 13.4. The molecule has 12 heteroatoms. The minimum Gasteiger partial charge on any atom is -0.339 e. The number of amides is 3. The molecule has 0 aromatic rings. The quantitative estimate of drug-likeness (QED) is 0.372. The van der Waals surface area contributed by atoms with Gasteiger partial charge >= 0.3 is 12.1 Å². The highest BCUT2D eigenvalue weighted by Gasteiger charge is 2.55. The fraction of sp³-hybridized carbons (Fsp3) is 0.800. The van der Waals surface area contributed by atoms with Crippen LogP contribution in [0.5, 0.6) is 0 Å². The molecule has 3 fully saturated rings. The van der Waals surface area contributed by atoms with E-state index in [9.17, 15) is 37.6 Å². The topological polar surface area (TPSA) is 131 Å². The molecule has 3 aliphatic rings. The largest absolute Gasteiger partial charge is 0.471 e. The molecule has 9 nitrogen and oxygen atoms in total. The Morgan fingerprint density at radius 3 is 2.24 bits per heavy atom. The second-order valence-corrected chi connectivity index (χ2v) is 12.1. The van der Waals surface area contributed by atoms with Gasteiger partial charge in [-0.1, -0.05) is 33.6 Å². The molecule has 3 amide bonds. The average molecular weight is 528 g/mol. The third kappa shape index (κ3) is 7.00. The lowest BCUT2D eigenvalue weighted by molar-refractivity contribution is -0.176. The predicted molar refractivity (Wildman–Crippen MR) is 127 cm³/mol. The fourth-order valence-corrected chi connectivity index (χ4v) is 5.08. The van der Waals surface area contributed by atoms with Crippen molar-refractivity contribution < 1.29 is 32.3 Å². The molecule has 1 aliphatic heterocycles. The molecule has 0 radical (unpaired) electrons. The molecule has 4 atom stereocenters. The summed E-state index contributed by atoms with van der Waals surface area (Å²) in [5, 5.41) is 17.5. The number of rotatable bonds is 10. The van der Waals surface area contributed by atoms with Crippen molar-refractivity contribution in [2.24, 2.45) is 16.7 Å². The van der Waals surface area contributed by atoms with E-state index in [-0.39, 0.29) is 24.3 Å². The van der Waals surface area contributed by atoms with E-state index in [2.05, 4.69) is 10.6 Å². The molecule has 2 saturated carbocycles. The fourth-order valence-electron chi connectivity index (χ4n) is 5.08. The number of hydrogen-bond acceptors (Lipinski definition) is 6. The number of alkyl halides is 3. The van der Waals surface area contributed by atoms with Gasteiger partial charge in [0.1, 0.15) is 24.4 Å². The van der Waals surface area contributed by atoms with Gasteiger partial charge in [0, 0.05) is 24.5 Å². The van der Waals surface area contributed by atoms with Crippen molar-refractivity contribution in [2.75, 3.05) is 13.6 Å². The first-order valence-electron chi connectivity index (χ1n) is 12.6. The summed E-state index contributed by atoms with van der Waals surface area (Å²) in [5.41, 5.74) is -1.92. The van der Waals surface area contributed by atoms with E-state index in [1.54, 1.807) is 5.32 Å². The van der Waals surface area contributed by atoms with Gasteiger partial charge in [-0.15, -0.1) is 0 Å². The van der Waals surface area contributed by atoms with E-state index < -0.39 is 52.9 Å². The van der Waals surface area contributed by atoms with Crippen LogP contribution in [-0.2, 0) is 19.2 Å². The summed E-state index contributed by atoms with van der Waals surface area (Å²) in [5.74, 6) is -3.52. The zero-order valence-electron chi connectivity index (χ0n) is 21.7. The van der Waals surface area contributed by atoms with E-state index in [4.69, 9.17) is 0 Å². The summed E-state index contributed by atoms with van der Waals surface area (Å²) in [7, 11) is 1.32. The van der Waals surface area contributed by atoms with E-state index in [1.807, 2.05) is 6.07 Å². The van der Waals surface area contributed by atoms with Crippen molar-refractivity contribution in [1.29, 1.82) is 5.26 Å². The Balaban J connectivity index is 1.74. The van der Waals surface area contributed by atoms with Crippen molar-refractivity contribution in [3.63, 3.8) is 0 Å². The molecular formula is C25H36F3N5O4. The number of carbonyl (C=O) groups is 4. The van der Waals surface area contributed by atoms with E-state index >= 15 is 0 Å². The summed E-state index contributed by atoms with van der Waals surface area (Å²) in [6, 6.07) is -1.53. The van der Waals surface area contributed by atoms with Crippen molar-refractivity contribution in [2.45, 2.75) is 95.6 Å². The third-order valence-corrected chi connectivity index (χ3v) is 7.71. The van der Waals surface area contributed by atoms with Gasteiger partial charge in [0.05, 0.1) is 6.07 Å². The predicted octanol–water partition coefficient (Wildman–Crippen LogP) is 1.82. The van der Waals surface area contributed by atoms with Gasteiger partial charge in [-0.2, -0.15) is 18.4 Å². The van der Waals surface area contributed by atoms with Crippen LogP contribution in [0.2, 0.25) is 0 Å². The Morgan fingerprint density at radius 2 is 1.81 bits per heavy atom. The molecule has 1 spiro atoms. The van der Waals surface area contributed by atoms with Gasteiger partial charge < -0.3 is 25.6 Å². The smallest absolute Gasteiger partial charge is 0.339 e. The van der Waals surface area contributed by atoms with Crippen LogP contribution >= 0.6 is 0 Å². The Bertz CT molecular complexity index is 965. The Labute approximate surface area is 214 Å². The van der Waals surface area contributed by atoms with Crippen LogP contribution in [0.4, 0.5) is 13.2 Å². The van der Waals surface area contributed by atoms with E-state index in [0.29, 0.717) is 13.0 Å². The first-order valence-corrected chi connectivity index (χ1v) is 12.6. The summed E-state index contributed by atoms with van der Waals surface area (Å²) in [6.07, 6.45) is 0.283. The summed E-state index contributed by atoms with van der Waals surface area (Å²) >= 11 is 0. The Morgan fingerprint density at radius 1 is 1.19 bits per heavy atom. The zero-order valence-corrected chi connectivity index (χ0v) is 21.7. The van der Waals surface area contributed by atoms with Crippen LogP contribution in [0.25, 0.3) is 0 Å². The molecule has 2 aliphatic carbocycles. The molecule has 3 rings (SSSR count). The number of hydrogen-bond donors (Lipinski definition) is 3. The molecule has 3 N–H and O–H groups in total. The molecule has 1 saturated heterocycles. The number of nitrogens with one attached hydrogen (secondary N) is 3. The highest BCUT2D eigenvalue weighted by molar-refractivity contribution is 5.93. The molecule has 0 aromatic carbocycles. The lowest BCUT2D eigenvalue weighted by atomic mass is 9.80. The van der Waals surface area contributed by atoms with Gasteiger partial charge in [0.25, 0.3) is 0 Å². The minimum absolute atomic E-state index is 0.0606. The average Bonchev–Trinajstić information content (AvgIpc) is 3.72. The molecule has 37 heavy (non-hydrogen) atoms. The van der Waals surface area contributed by atoms with E-state index in [1.165, 1.54) is 27.8 Å². The van der Waals surface area contributed by atoms with Crippen molar-refractivity contribution in [3.8, 4) is 6.07 Å². The SMILES string of the molecule is CN(C(=O)C(NC(=O)C(F)(F)F)C(C)(C)C)C(CC1CC1)C(=O)NC(C#N)CC1(C=O)CNC2(CC2)C1. The normalized spacial score (nSPS) is 24.9. The second kappa shape index (κ2) is 10.2. The maximum Gasteiger partial charge on any atom is 0.471 e. The molecule has 0 aromatic heterocycles. The highest BCUT2D eigenvalue weighted by atomic mass is 19.4. The van der Waals surface area contributed by atoms with Crippen molar-refractivity contribution in [1.82, 2.24) is 20.9 Å². The monoisotopic (exact) mass is 527 g/mol. The Kier molecular flexibility index (Phi) is 7.99. The van der Waals surface area contributed by atoms with Crippen LogP contribution < -0.4 is 16.0 Å². The van der Waals surface area contributed by atoms with Gasteiger partial charge in [-0.05, 0) is 43.4 Å². The number of nitriles is 1. The number of nitrogens with zero attached hydrogens (tertiary/aromatic N) is 2. The van der Waals surface area contributed by atoms with Gasteiger partial charge in [0.2, 0.25) is 11.8 Å². The van der Waals surface area contributed by atoms with Gasteiger partial charge in [-0.3, -0.25) is 14.4 Å². The van der Waals surface area contributed by atoms with Gasteiger partial charge in [0.15, 0.2) is 0 Å². The summed E-state index contributed by atoms with van der Waals surface area (Å²) in [4.78, 5) is 51.4. The first kappa shape index (κ1) is 28.9. The number of halogens is 3. The highest BCUT2D eigenvalue weighted by Crippen LogP contribution is 2.50. The van der Waals surface area contributed by atoms with E-state index in [0.717, 1.165) is 36.9 Å². The number of carbonyl (C=O) groups excluding carboxylic acids is 4. The molecule has 206 valence electrons. The third-order valence-electron chi connectivity index (χ3n) is 7.71. The number of aldehydes is 1. The van der Waals surface area contributed by atoms with Crippen LogP contribution in [0, 0.1) is 28.1 Å². The minimum atomic E-state index is -5.17. The summed E-state index contributed by atoms with van der Waals surface area (Å²) < 4.78 is 38.8. The van der Waals surface area contributed by atoms with Crippen molar-refractivity contribution in [3.05, 3.63) is 0 Å². The standard InChI is InChI=1S/C25H36F3N5O4/c1-22(2,3)18(32-21(37)25(26,27)28)20(36)33(4)17(9-15-5-6-15)19(35)31-16(11-29)10-23(14-34)12-24(7-8-24)30-13-23/h14-18,30H,5-10,12-13H2,1-4H3,(H,31,35)(H,32,37). The van der Waals surface area contributed by atoms with Crippen molar-refractivity contribution >= 4 is 24.0 Å². The molecular weight excluding hydrogens is 491 g/mol. The molecule has 4 unspecified atom stereocenters. The van der Waals surface area contributed by atoms with Crippen LogP contribution in [0.15, 0.2) is 0 Å². The zero-order chi connectivity index (χ0) is 27.8. The van der Waals surface area contributed by atoms with Gasteiger partial charge in [-0.25, -0.2) is 0 Å². The second-order valence-electron chi connectivity index (χ2n) is 12.1. The summed E-state index contributed by atoms with van der Waals surface area (Å²) in [6.45, 7) is 4.97. The van der Waals surface area contributed by atoms with Crippen LogP contribution in [0.3, 0.4) is 0 Å². The van der Waals surface area contributed by atoms with Crippen LogP contribution in [-0.4, -0.2) is 72.3 Å². The lowest BCUT2D eigenvalue weighted by Crippen LogP contribution is -2.60.